The summed E-state index contributed by atoms with van der Waals surface area (Å²) in [5.41, 5.74) is 5.80. The van der Waals surface area contributed by atoms with E-state index in [9.17, 15) is 4.79 Å². The van der Waals surface area contributed by atoms with E-state index in [1.807, 2.05) is 0 Å². The monoisotopic (exact) mass is 264 g/mol. The molecule has 0 radical (unpaired) electrons. The molecule has 2 rings (SSSR count). The van der Waals surface area contributed by atoms with Gasteiger partial charge in [-0.2, -0.15) is 0 Å². The second-order valence-corrected chi connectivity index (χ2v) is 4.84. The minimum absolute atomic E-state index is 0.0437. The number of hydrogen-bond acceptors (Lipinski definition) is 5. The van der Waals surface area contributed by atoms with E-state index < -0.39 is 0 Å². The summed E-state index contributed by atoms with van der Waals surface area (Å²) in [6, 6.07) is 0.191. The van der Waals surface area contributed by atoms with E-state index in [2.05, 4.69) is 9.97 Å². The van der Waals surface area contributed by atoms with E-state index in [1.54, 1.807) is 4.90 Å². The molecule has 1 aliphatic rings. The number of carbonyl (C=O) groups is 1. The molecule has 1 saturated carbocycles. The van der Waals surface area contributed by atoms with Gasteiger partial charge in [0.25, 0.3) is 5.91 Å². The van der Waals surface area contributed by atoms with Gasteiger partial charge in [-0.05, 0) is 12.8 Å². The number of aromatic nitrogens is 2. The lowest BCUT2D eigenvalue weighted by atomic mass is 9.94. The Bertz CT molecular complexity index is 432. The molecule has 104 valence electrons. The molecule has 19 heavy (non-hydrogen) atoms. The van der Waals surface area contributed by atoms with E-state index >= 15 is 0 Å². The zero-order valence-electron chi connectivity index (χ0n) is 11.0. The van der Waals surface area contributed by atoms with Gasteiger partial charge in [0.1, 0.15) is 11.5 Å². The van der Waals surface area contributed by atoms with E-state index in [1.165, 1.54) is 18.8 Å². The Morgan fingerprint density at radius 2 is 2.11 bits per heavy atom. The predicted molar refractivity (Wildman–Crippen MR) is 71.4 cm³/mol. The number of nitrogen functional groups attached to an aromatic ring is 1. The van der Waals surface area contributed by atoms with Crippen LogP contribution in [0, 0.1) is 0 Å². The van der Waals surface area contributed by atoms with Gasteiger partial charge in [-0.15, -0.1) is 0 Å². The Morgan fingerprint density at radius 1 is 1.37 bits per heavy atom. The highest BCUT2D eigenvalue weighted by molar-refractivity contribution is 5.92. The average molecular weight is 264 g/mol. The number of nitrogens with zero attached hydrogens (tertiary/aromatic N) is 3. The van der Waals surface area contributed by atoms with Crippen LogP contribution in [0.5, 0.6) is 0 Å². The van der Waals surface area contributed by atoms with Crippen molar-refractivity contribution in [2.75, 3.05) is 18.9 Å². The summed E-state index contributed by atoms with van der Waals surface area (Å²) in [5, 5.41) is 9.16. The summed E-state index contributed by atoms with van der Waals surface area (Å²) in [6.45, 7) is 0.290. The van der Waals surface area contributed by atoms with Crippen LogP contribution in [0.4, 0.5) is 5.82 Å². The molecule has 0 aliphatic heterocycles. The zero-order chi connectivity index (χ0) is 13.7. The summed E-state index contributed by atoms with van der Waals surface area (Å²) < 4.78 is 0. The standard InChI is InChI=1S/C13H20N4O2/c14-12-9-15-8-11(16-12)13(19)17(6-7-18)10-4-2-1-3-5-10/h8-10,18H,1-7H2,(H2,14,16). The fourth-order valence-corrected chi connectivity index (χ4v) is 2.58. The van der Waals surface area contributed by atoms with Crippen molar-refractivity contribution in [3.63, 3.8) is 0 Å². The molecule has 6 heteroatoms. The Hall–Kier alpha value is -1.69. The van der Waals surface area contributed by atoms with Crippen LogP contribution in [0.1, 0.15) is 42.6 Å². The second-order valence-electron chi connectivity index (χ2n) is 4.84. The molecule has 0 saturated heterocycles. The number of hydrogen-bond donors (Lipinski definition) is 2. The number of amides is 1. The Kier molecular flexibility index (Phi) is 4.68. The maximum absolute atomic E-state index is 12.4. The van der Waals surface area contributed by atoms with Crippen LogP contribution in [-0.2, 0) is 0 Å². The molecular formula is C13H20N4O2. The first-order valence-corrected chi connectivity index (χ1v) is 6.71. The maximum atomic E-state index is 12.4. The van der Waals surface area contributed by atoms with Crippen molar-refractivity contribution in [2.45, 2.75) is 38.1 Å². The predicted octanol–water partition coefficient (Wildman–Crippen LogP) is 0.826. The van der Waals surface area contributed by atoms with E-state index in [0.717, 1.165) is 25.7 Å². The highest BCUT2D eigenvalue weighted by atomic mass is 16.3. The summed E-state index contributed by atoms with van der Waals surface area (Å²) in [5.74, 6) is 0.0409. The van der Waals surface area contributed by atoms with Crippen LogP contribution in [-0.4, -0.2) is 45.1 Å². The summed E-state index contributed by atoms with van der Waals surface area (Å²) in [7, 11) is 0. The number of carbonyl (C=O) groups excluding carboxylic acids is 1. The van der Waals surface area contributed by atoms with Crippen molar-refractivity contribution in [2.24, 2.45) is 0 Å². The van der Waals surface area contributed by atoms with Gasteiger partial charge >= 0.3 is 0 Å². The highest BCUT2D eigenvalue weighted by Gasteiger charge is 2.26. The fourth-order valence-electron chi connectivity index (χ4n) is 2.58. The first kappa shape index (κ1) is 13.7. The van der Waals surface area contributed by atoms with E-state index in [-0.39, 0.29) is 30.1 Å². The van der Waals surface area contributed by atoms with Gasteiger partial charge in [-0.3, -0.25) is 9.78 Å². The van der Waals surface area contributed by atoms with Gasteiger partial charge < -0.3 is 15.7 Å². The van der Waals surface area contributed by atoms with Crippen molar-refractivity contribution in [1.29, 1.82) is 0 Å². The third-order valence-corrected chi connectivity index (χ3v) is 3.49. The molecule has 0 aromatic carbocycles. The van der Waals surface area contributed by atoms with E-state index in [0.29, 0.717) is 6.54 Å². The molecule has 1 aromatic rings. The van der Waals surface area contributed by atoms with Crippen LogP contribution in [0.15, 0.2) is 12.4 Å². The van der Waals surface area contributed by atoms with Crippen LogP contribution in [0.2, 0.25) is 0 Å². The zero-order valence-corrected chi connectivity index (χ0v) is 11.0. The summed E-state index contributed by atoms with van der Waals surface area (Å²) >= 11 is 0. The lowest BCUT2D eigenvalue weighted by Gasteiger charge is -2.33. The van der Waals surface area contributed by atoms with Gasteiger partial charge in [0.2, 0.25) is 0 Å². The van der Waals surface area contributed by atoms with Crippen molar-refractivity contribution >= 4 is 11.7 Å². The quantitative estimate of drug-likeness (QED) is 0.840. The second kappa shape index (κ2) is 6.47. The minimum atomic E-state index is -0.194. The molecule has 1 heterocycles. The number of aliphatic hydroxyl groups is 1. The van der Waals surface area contributed by atoms with Crippen molar-refractivity contribution in [3.8, 4) is 0 Å². The minimum Gasteiger partial charge on any atom is -0.395 e. The Morgan fingerprint density at radius 3 is 2.74 bits per heavy atom. The summed E-state index contributed by atoms with van der Waals surface area (Å²) in [6.07, 6.45) is 8.28. The molecule has 0 atom stereocenters. The van der Waals surface area contributed by atoms with Crippen LogP contribution >= 0.6 is 0 Å². The largest absolute Gasteiger partial charge is 0.395 e. The van der Waals surface area contributed by atoms with Crippen LogP contribution < -0.4 is 5.73 Å². The lowest BCUT2D eigenvalue weighted by molar-refractivity contribution is 0.0579. The van der Waals surface area contributed by atoms with Gasteiger partial charge in [0, 0.05) is 12.6 Å². The first-order valence-electron chi connectivity index (χ1n) is 6.71. The number of anilines is 1. The lowest BCUT2D eigenvalue weighted by Crippen LogP contribution is -2.43. The van der Waals surface area contributed by atoms with Crippen molar-refractivity contribution in [1.82, 2.24) is 14.9 Å². The molecule has 0 bridgehead atoms. The van der Waals surface area contributed by atoms with Crippen LogP contribution in [0.25, 0.3) is 0 Å². The Labute approximate surface area is 112 Å². The maximum Gasteiger partial charge on any atom is 0.274 e. The third-order valence-electron chi connectivity index (χ3n) is 3.49. The normalized spacial score (nSPS) is 16.3. The molecule has 1 aliphatic carbocycles. The number of nitrogens with two attached hydrogens (primary N) is 1. The van der Waals surface area contributed by atoms with Crippen LogP contribution in [0.3, 0.4) is 0 Å². The molecule has 1 aromatic heterocycles. The van der Waals surface area contributed by atoms with Gasteiger partial charge in [0.15, 0.2) is 0 Å². The topological polar surface area (TPSA) is 92.3 Å². The molecule has 0 unspecified atom stereocenters. The average Bonchev–Trinajstić information content (AvgIpc) is 2.45. The van der Waals surface area contributed by atoms with E-state index in [4.69, 9.17) is 10.8 Å². The molecule has 1 amide bonds. The Balaban J connectivity index is 2.15. The molecule has 3 N–H and O–H groups in total. The van der Waals surface area contributed by atoms with Gasteiger partial charge in [-0.25, -0.2) is 4.98 Å². The van der Waals surface area contributed by atoms with Crippen molar-refractivity contribution in [3.05, 3.63) is 18.1 Å². The molecule has 1 fully saturated rings. The highest BCUT2D eigenvalue weighted by Crippen LogP contribution is 2.23. The fraction of sp³-hybridized carbons (Fsp3) is 0.615. The molecule has 6 nitrogen and oxygen atoms in total. The van der Waals surface area contributed by atoms with Crippen molar-refractivity contribution < 1.29 is 9.90 Å². The first-order chi connectivity index (χ1) is 9.22. The smallest absolute Gasteiger partial charge is 0.274 e. The van der Waals surface area contributed by atoms with Gasteiger partial charge in [-0.1, -0.05) is 19.3 Å². The number of aliphatic hydroxyl groups excluding tert-OH is 1. The molecular weight excluding hydrogens is 244 g/mol. The molecule has 0 spiro atoms. The third kappa shape index (κ3) is 3.41. The number of rotatable bonds is 4. The van der Waals surface area contributed by atoms with Gasteiger partial charge in [0.05, 0.1) is 19.0 Å². The SMILES string of the molecule is Nc1cncc(C(=O)N(CCO)C2CCCCC2)n1. The summed E-state index contributed by atoms with van der Waals surface area (Å²) in [4.78, 5) is 22.1.